The summed E-state index contributed by atoms with van der Waals surface area (Å²) in [5, 5.41) is 24.1. The largest absolute Gasteiger partial charge is 0.493 e. The Bertz CT molecular complexity index is 1240. The molecule has 4 aromatic rings. The second kappa shape index (κ2) is 9.17. The van der Waals surface area contributed by atoms with Crippen LogP contribution in [0, 0.1) is 6.92 Å². The number of nitrogens with one attached hydrogen (secondary N) is 1. The lowest BCUT2D eigenvalue weighted by atomic mass is 10.1. The van der Waals surface area contributed by atoms with E-state index in [4.69, 9.17) is 14.6 Å². The number of hydrogen-bond donors (Lipinski definition) is 2. The molecule has 3 aromatic carbocycles. The Hall–Kier alpha value is -4.40. The number of rotatable bonds is 8. The topological polar surface area (TPSA) is 111 Å². The molecule has 0 bridgehead atoms. The lowest BCUT2D eigenvalue weighted by Crippen LogP contribution is -2.04. The van der Waals surface area contributed by atoms with Gasteiger partial charge in [0.2, 0.25) is 0 Å². The maximum absolute atomic E-state index is 11.1. The average Bonchev–Trinajstić information content (AvgIpc) is 3.27. The summed E-state index contributed by atoms with van der Waals surface area (Å²) in [6.45, 7) is 2.38. The number of aryl methyl sites for hydroxylation is 1. The van der Waals surface area contributed by atoms with E-state index < -0.39 is 5.97 Å². The summed E-state index contributed by atoms with van der Waals surface area (Å²) in [4.78, 5) is 11.1. The minimum atomic E-state index is -0.946. The fourth-order valence-corrected chi connectivity index (χ4v) is 3.17. The van der Waals surface area contributed by atoms with Gasteiger partial charge in [0, 0.05) is 12.2 Å². The van der Waals surface area contributed by atoms with Gasteiger partial charge in [0.15, 0.2) is 11.5 Å². The van der Waals surface area contributed by atoms with E-state index in [1.165, 1.54) is 4.68 Å². The first-order valence-corrected chi connectivity index (χ1v) is 9.81. The third-order valence-corrected chi connectivity index (χ3v) is 4.83. The number of methoxy groups -OCH3 is 1. The molecule has 1 aromatic heterocycles. The van der Waals surface area contributed by atoms with Crippen molar-refractivity contribution in [2.75, 3.05) is 12.4 Å². The Morgan fingerprint density at radius 3 is 2.59 bits per heavy atom. The molecule has 9 nitrogen and oxygen atoms in total. The van der Waals surface area contributed by atoms with Gasteiger partial charge in [-0.25, -0.2) is 4.79 Å². The van der Waals surface area contributed by atoms with Gasteiger partial charge in [-0.3, -0.25) is 0 Å². The number of carbonyl (C=O) groups is 1. The molecular weight excluding hydrogens is 410 g/mol. The summed E-state index contributed by atoms with van der Waals surface area (Å²) in [5.74, 6) is 0.0633. The number of para-hydroxylation sites is 1. The van der Waals surface area contributed by atoms with E-state index in [1.807, 2.05) is 49.4 Å². The normalized spacial score (nSPS) is 10.6. The van der Waals surface area contributed by atoms with Crippen LogP contribution in [-0.4, -0.2) is 38.4 Å². The third-order valence-electron chi connectivity index (χ3n) is 4.83. The molecule has 0 fully saturated rings. The van der Waals surface area contributed by atoms with Crippen molar-refractivity contribution in [2.45, 2.75) is 13.5 Å². The molecule has 0 aliphatic rings. The first kappa shape index (κ1) is 20.9. The van der Waals surface area contributed by atoms with Crippen LogP contribution in [0.1, 0.15) is 21.5 Å². The molecule has 162 valence electrons. The first-order valence-electron chi connectivity index (χ1n) is 9.81. The van der Waals surface area contributed by atoms with Crippen molar-refractivity contribution in [3.8, 4) is 23.2 Å². The van der Waals surface area contributed by atoms with Crippen molar-refractivity contribution in [1.29, 1.82) is 0 Å². The van der Waals surface area contributed by atoms with Gasteiger partial charge in [0.05, 0.1) is 18.4 Å². The molecule has 0 unspecified atom stereocenters. The van der Waals surface area contributed by atoms with Crippen LogP contribution in [-0.2, 0) is 6.54 Å². The van der Waals surface area contributed by atoms with E-state index in [0.29, 0.717) is 18.0 Å². The van der Waals surface area contributed by atoms with Crippen LogP contribution >= 0.6 is 0 Å². The summed E-state index contributed by atoms with van der Waals surface area (Å²) in [6, 6.07) is 20.2. The summed E-state index contributed by atoms with van der Waals surface area (Å²) in [5.41, 5.74) is 3.70. The summed E-state index contributed by atoms with van der Waals surface area (Å²) in [6.07, 6.45) is 0. The second-order valence-electron chi connectivity index (χ2n) is 6.98. The number of aromatic carboxylic acids is 1. The zero-order valence-electron chi connectivity index (χ0n) is 17.5. The Kier molecular flexibility index (Phi) is 5.98. The Morgan fingerprint density at radius 2 is 1.88 bits per heavy atom. The van der Waals surface area contributed by atoms with Crippen molar-refractivity contribution in [2.24, 2.45) is 0 Å². The third kappa shape index (κ3) is 4.51. The SMILES string of the molecule is COc1cc(CNc2ccc(C(=O)O)cc2C)ccc1Oc1nnnn1-c1ccccc1. The smallest absolute Gasteiger partial charge is 0.346 e. The van der Waals surface area contributed by atoms with Gasteiger partial charge in [0.25, 0.3) is 0 Å². The summed E-state index contributed by atoms with van der Waals surface area (Å²) in [7, 11) is 1.56. The van der Waals surface area contributed by atoms with Crippen LogP contribution in [0.15, 0.2) is 66.7 Å². The number of carboxylic acids is 1. The lowest BCUT2D eigenvalue weighted by Gasteiger charge is -2.13. The number of aromatic nitrogens is 4. The van der Waals surface area contributed by atoms with E-state index in [2.05, 4.69) is 20.8 Å². The first-order chi connectivity index (χ1) is 15.5. The van der Waals surface area contributed by atoms with Crippen LogP contribution in [0.5, 0.6) is 17.5 Å². The standard InChI is InChI=1S/C23H21N5O4/c1-15-12-17(22(29)30)9-10-19(15)24-14-16-8-11-20(21(13-16)31-2)32-23-25-26-27-28(23)18-6-4-3-5-7-18/h3-13,24H,14H2,1-2H3,(H,29,30). The van der Waals surface area contributed by atoms with Crippen molar-refractivity contribution >= 4 is 11.7 Å². The number of hydrogen-bond acceptors (Lipinski definition) is 7. The van der Waals surface area contributed by atoms with Gasteiger partial charge < -0.3 is 19.9 Å². The maximum Gasteiger partial charge on any atom is 0.346 e. The van der Waals surface area contributed by atoms with Gasteiger partial charge >= 0.3 is 12.0 Å². The van der Waals surface area contributed by atoms with Crippen molar-refractivity contribution in [3.63, 3.8) is 0 Å². The van der Waals surface area contributed by atoms with Gasteiger partial charge in [-0.15, -0.1) is 0 Å². The fourth-order valence-electron chi connectivity index (χ4n) is 3.17. The number of carboxylic acid groups (broad SMARTS) is 1. The lowest BCUT2D eigenvalue weighted by molar-refractivity contribution is 0.0697. The Balaban J connectivity index is 1.50. The molecule has 9 heteroatoms. The molecule has 0 atom stereocenters. The number of nitrogens with zero attached hydrogens (tertiary/aromatic N) is 4. The molecule has 0 radical (unpaired) electrons. The summed E-state index contributed by atoms with van der Waals surface area (Å²) < 4.78 is 12.9. The zero-order valence-corrected chi connectivity index (χ0v) is 17.5. The Labute approximate surface area is 184 Å². The molecule has 4 rings (SSSR count). The van der Waals surface area contributed by atoms with E-state index in [-0.39, 0.29) is 11.6 Å². The van der Waals surface area contributed by atoms with Crippen LogP contribution in [0.25, 0.3) is 5.69 Å². The van der Waals surface area contributed by atoms with Gasteiger partial charge in [-0.1, -0.05) is 29.4 Å². The minimum Gasteiger partial charge on any atom is -0.493 e. The van der Waals surface area contributed by atoms with E-state index in [1.54, 1.807) is 31.4 Å². The molecular formula is C23H21N5O4. The van der Waals surface area contributed by atoms with Crippen LogP contribution in [0.4, 0.5) is 5.69 Å². The summed E-state index contributed by atoms with van der Waals surface area (Å²) >= 11 is 0. The zero-order chi connectivity index (χ0) is 22.5. The molecule has 0 saturated heterocycles. The van der Waals surface area contributed by atoms with E-state index in [9.17, 15) is 4.79 Å². The number of anilines is 1. The van der Waals surface area contributed by atoms with Crippen LogP contribution < -0.4 is 14.8 Å². The molecule has 32 heavy (non-hydrogen) atoms. The van der Waals surface area contributed by atoms with Crippen molar-refractivity contribution in [3.05, 3.63) is 83.4 Å². The highest BCUT2D eigenvalue weighted by atomic mass is 16.5. The van der Waals surface area contributed by atoms with Crippen LogP contribution in [0.3, 0.4) is 0 Å². The van der Waals surface area contributed by atoms with Gasteiger partial charge in [-0.2, -0.15) is 4.68 Å². The van der Waals surface area contributed by atoms with E-state index in [0.717, 1.165) is 22.5 Å². The highest BCUT2D eigenvalue weighted by Crippen LogP contribution is 2.32. The predicted octanol–water partition coefficient (Wildman–Crippen LogP) is 4.08. The van der Waals surface area contributed by atoms with Gasteiger partial charge in [-0.05, 0) is 70.9 Å². The molecule has 1 heterocycles. The molecule has 0 aliphatic heterocycles. The van der Waals surface area contributed by atoms with E-state index >= 15 is 0 Å². The minimum absolute atomic E-state index is 0.217. The number of ether oxygens (including phenoxy) is 2. The quantitative estimate of drug-likeness (QED) is 0.429. The molecule has 2 N–H and O–H groups in total. The fraction of sp³-hybridized carbons (Fsp3) is 0.130. The maximum atomic E-state index is 11.1. The highest BCUT2D eigenvalue weighted by molar-refractivity contribution is 5.88. The molecule has 0 aliphatic carbocycles. The predicted molar refractivity (Wildman–Crippen MR) is 118 cm³/mol. The van der Waals surface area contributed by atoms with Gasteiger partial charge in [0.1, 0.15) is 0 Å². The molecule has 0 spiro atoms. The molecule has 0 amide bonds. The monoisotopic (exact) mass is 431 g/mol. The molecule has 0 saturated carbocycles. The number of benzene rings is 3. The van der Waals surface area contributed by atoms with Crippen molar-refractivity contribution < 1.29 is 19.4 Å². The van der Waals surface area contributed by atoms with Crippen LogP contribution in [0.2, 0.25) is 0 Å². The highest BCUT2D eigenvalue weighted by Gasteiger charge is 2.14. The van der Waals surface area contributed by atoms with Crippen molar-refractivity contribution in [1.82, 2.24) is 20.2 Å². The average molecular weight is 431 g/mol. The second-order valence-corrected chi connectivity index (χ2v) is 6.98. The Morgan fingerprint density at radius 1 is 1.06 bits per heavy atom. The number of tetrazole rings is 1.